The highest BCUT2D eigenvalue weighted by Gasteiger charge is 2.21. The van der Waals surface area contributed by atoms with Crippen molar-refractivity contribution in [3.8, 4) is 6.07 Å². The maximum atomic E-state index is 13.1. The van der Waals surface area contributed by atoms with E-state index >= 15 is 0 Å². The minimum absolute atomic E-state index is 0.0244. The van der Waals surface area contributed by atoms with Crippen molar-refractivity contribution in [3.63, 3.8) is 0 Å². The predicted molar refractivity (Wildman–Crippen MR) is 123 cm³/mol. The van der Waals surface area contributed by atoms with Gasteiger partial charge in [0.25, 0.3) is 5.91 Å². The standard InChI is InChI=1S/C23H28BrN5O/c1-4-9-19(17-10-6-5-7-11-17)28-23(30)18(16-25)22(26-14-15-29(2)3)20-12-8-13-21(24)27-20/h5-8,10-13,19,26H,4,9,14-15H2,1-3H3,(H,28,30)/b22-18-. The number of amides is 1. The highest BCUT2D eigenvalue weighted by atomic mass is 79.9. The molecule has 1 heterocycles. The molecular formula is C23H28BrN5O. The van der Waals surface area contributed by atoms with Crippen molar-refractivity contribution in [2.75, 3.05) is 27.2 Å². The molecule has 0 saturated carbocycles. The summed E-state index contributed by atoms with van der Waals surface area (Å²) in [5, 5.41) is 16.1. The van der Waals surface area contributed by atoms with Gasteiger partial charge in [-0.2, -0.15) is 5.26 Å². The van der Waals surface area contributed by atoms with Gasteiger partial charge in [-0.25, -0.2) is 4.98 Å². The molecule has 2 aromatic rings. The second-order valence-corrected chi connectivity index (χ2v) is 7.98. The van der Waals surface area contributed by atoms with Crippen LogP contribution in [0.15, 0.2) is 58.7 Å². The minimum Gasteiger partial charge on any atom is -0.381 e. The van der Waals surface area contributed by atoms with Crippen molar-refractivity contribution in [2.24, 2.45) is 0 Å². The lowest BCUT2D eigenvalue weighted by Crippen LogP contribution is -2.32. The first kappa shape index (κ1) is 23.6. The number of nitrogens with one attached hydrogen (secondary N) is 2. The van der Waals surface area contributed by atoms with E-state index in [4.69, 9.17) is 0 Å². The Morgan fingerprint density at radius 3 is 2.53 bits per heavy atom. The Balaban J connectivity index is 2.38. The number of nitrogens with zero attached hydrogens (tertiary/aromatic N) is 3. The SMILES string of the molecule is CCCC(NC(=O)/C(C#N)=C(\NCCN(C)C)c1cccc(Br)n1)c1ccccc1. The molecule has 0 aliphatic rings. The number of carbonyl (C=O) groups excluding carboxylic acids is 1. The lowest BCUT2D eigenvalue weighted by molar-refractivity contribution is -0.117. The zero-order valence-electron chi connectivity index (χ0n) is 17.7. The fourth-order valence-electron chi connectivity index (χ4n) is 3.01. The van der Waals surface area contributed by atoms with Crippen LogP contribution >= 0.6 is 15.9 Å². The van der Waals surface area contributed by atoms with Gasteiger partial charge in [-0.05, 0) is 54.1 Å². The molecule has 0 aliphatic heterocycles. The third-order valence-electron chi connectivity index (χ3n) is 4.51. The van der Waals surface area contributed by atoms with E-state index in [-0.39, 0.29) is 11.6 Å². The number of halogens is 1. The van der Waals surface area contributed by atoms with E-state index in [1.165, 1.54) is 0 Å². The maximum Gasteiger partial charge on any atom is 0.264 e. The average Bonchev–Trinajstić information content (AvgIpc) is 2.73. The van der Waals surface area contributed by atoms with Crippen LogP contribution in [0, 0.1) is 11.3 Å². The van der Waals surface area contributed by atoms with Crippen molar-refractivity contribution >= 4 is 27.5 Å². The number of nitriles is 1. The number of hydrogen-bond donors (Lipinski definition) is 2. The average molecular weight is 470 g/mol. The Morgan fingerprint density at radius 2 is 1.93 bits per heavy atom. The van der Waals surface area contributed by atoms with Gasteiger partial charge in [-0.15, -0.1) is 0 Å². The Kier molecular flexibility index (Phi) is 9.52. The quantitative estimate of drug-likeness (QED) is 0.313. The van der Waals surface area contributed by atoms with Crippen molar-refractivity contribution in [1.82, 2.24) is 20.5 Å². The summed E-state index contributed by atoms with van der Waals surface area (Å²) in [6, 6.07) is 17.2. The summed E-state index contributed by atoms with van der Waals surface area (Å²) in [4.78, 5) is 19.6. The van der Waals surface area contributed by atoms with Crippen LogP contribution in [0.4, 0.5) is 0 Å². The van der Waals surface area contributed by atoms with Crippen molar-refractivity contribution in [1.29, 1.82) is 5.26 Å². The second-order valence-electron chi connectivity index (χ2n) is 7.16. The maximum absolute atomic E-state index is 13.1. The second kappa shape index (κ2) is 12.1. The Bertz CT molecular complexity index is 905. The third-order valence-corrected chi connectivity index (χ3v) is 4.95. The highest BCUT2D eigenvalue weighted by Crippen LogP contribution is 2.21. The molecule has 1 aromatic heterocycles. The summed E-state index contributed by atoms with van der Waals surface area (Å²) in [5.74, 6) is -0.408. The van der Waals surface area contributed by atoms with Crippen molar-refractivity contribution in [3.05, 3.63) is 70.0 Å². The van der Waals surface area contributed by atoms with Crippen LogP contribution in [0.3, 0.4) is 0 Å². The molecule has 6 nitrogen and oxygen atoms in total. The van der Waals surface area contributed by atoms with Gasteiger partial charge in [-0.3, -0.25) is 4.79 Å². The minimum atomic E-state index is -0.408. The largest absolute Gasteiger partial charge is 0.381 e. The van der Waals surface area contributed by atoms with Crippen LogP contribution in [-0.2, 0) is 4.79 Å². The Hall–Kier alpha value is -2.69. The Labute approximate surface area is 187 Å². The van der Waals surface area contributed by atoms with E-state index in [1.807, 2.05) is 55.4 Å². The van der Waals surface area contributed by atoms with E-state index in [2.05, 4.69) is 44.5 Å². The lowest BCUT2D eigenvalue weighted by atomic mass is 10.0. The van der Waals surface area contributed by atoms with Gasteiger partial charge >= 0.3 is 0 Å². The normalized spacial score (nSPS) is 12.7. The molecule has 0 aliphatic carbocycles. The Morgan fingerprint density at radius 1 is 1.20 bits per heavy atom. The molecule has 0 spiro atoms. The number of pyridine rings is 1. The molecule has 1 unspecified atom stereocenters. The van der Waals surface area contributed by atoms with Gasteiger partial charge < -0.3 is 15.5 Å². The molecule has 158 valence electrons. The van der Waals surface area contributed by atoms with Gasteiger partial charge in [0.2, 0.25) is 0 Å². The zero-order valence-corrected chi connectivity index (χ0v) is 19.2. The van der Waals surface area contributed by atoms with Gasteiger partial charge in [0.15, 0.2) is 0 Å². The summed E-state index contributed by atoms with van der Waals surface area (Å²) in [6.45, 7) is 3.40. The van der Waals surface area contributed by atoms with Crippen LogP contribution in [0.1, 0.15) is 37.1 Å². The summed E-state index contributed by atoms with van der Waals surface area (Å²) >= 11 is 3.37. The van der Waals surface area contributed by atoms with Crippen LogP contribution in [0.5, 0.6) is 0 Å². The van der Waals surface area contributed by atoms with E-state index in [0.29, 0.717) is 22.5 Å². The first-order chi connectivity index (χ1) is 14.5. The van der Waals surface area contributed by atoms with Crippen LogP contribution in [0.2, 0.25) is 0 Å². The lowest BCUT2D eigenvalue weighted by Gasteiger charge is -2.20. The highest BCUT2D eigenvalue weighted by molar-refractivity contribution is 9.10. The number of likely N-dealkylation sites (N-methyl/N-ethyl adjacent to an activating group) is 1. The molecule has 30 heavy (non-hydrogen) atoms. The smallest absolute Gasteiger partial charge is 0.264 e. The molecule has 0 bridgehead atoms. The number of rotatable bonds is 10. The number of hydrogen-bond acceptors (Lipinski definition) is 5. The first-order valence-electron chi connectivity index (χ1n) is 9.98. The topological polar surface area (TPSA) is 81.0 Å². The van der Waals surface area contributed by atoms with Gasteiger partial charge in [0, 0.05) is 13.1 Å². The fourth-order valence-corrected chi connectivity index (χ4v) is 3.35. The first-order valence-corrected chi connectivity index (χ1v) is 10.8. The van der Waals surface area contributed by atoms with E-state index in [9.17, 15) is 10.1 Å². The van der Waals surface area contributed by atoms with E-state index in [1.54, 1.807) is 12.1 Å². The molecular weight excluding hydrogens is 442 g/mol. The molecule has 0 radical (unpaired) electrons. The number of carbonyl (C=O) groups is 1. The van der Waals surface area contributed by atoms with Gasteiger partial charge in [0.1, 0.15) is 16.2 Å². The molecule has 7 heteroatoms. The summed E-state index contributed by atoms with van der Waals surface area (Å²) < 4.78 is 0.637. The predicted octanol–water partition coefficient (Wildman–Crippen LogP) is 3.89. The summed E-state index contributed by atoms with van der Waals surface area (Å²) in [6.07, 6.45) is 1.69. The van der Waals surface area contributed by atoms with Crippen LogP contribution in [0.25, 0.3) is 5.70 Å². The van der Waals surface area contributed by atoms with Gasteiger partial charge in [-0.1, -0.05) is 49.7 Å². The molecule has 1 aromatic carbocycles. The van der Waals surface area contributed by atoms with Gasteiger partial charge in [0.05, 0.1) is 17.4 Å². The van der Waals surface area contributed by atoms with E-state index < -0.39 is 5.91 Å². The molecule has 1 atom stereocenters. The fraction of sp³-hybridized carbons (Fsp3) is 0.348. The monoisotopic (exact) mass is 469 g/mol. The molecule has 0 fully saturated rings. The van der Waals surface area contributed by atoms with Crippen LogP contribution in [-0.4, -0.2) is 43.0 Å². The summed E-state index contributed by atoms with van der Waals surface area (Å²) in [5.41, 5.74) is 2.02. The number of benzene rings is 1. The molecule has 2 rings (SSSR count). The molecule has 1 amide bonds. The van der Waals surface area contributed by atoms with Crippen molar-refractivity contribution in [2.45, 2.75) is 25.8 Å². The molecule has 2 N–H and O–H groups in total. The summed E-state index contributed by atoms with van der Waals surface area (Å²) in [7, 11) is 3.94. The van der Waals surface area contributed by atoms with Crippen molar-refractivity contribution < 1.29 is 4.79 Å². The van der Waals surface area contributed by atoms with E-state index in [0.717, 1.165) is 24.9 Å². The zero-order chi connectivity index (χ0) is 21.9. The number of aromatic nitrogens is 1. The molecule has 0 saturated heterocycles. The van der Waals surface area contributed by atoms with Crippen LogP contribution < -0.4 is 10.6 Å². The third kappa shape index (κ3) is 6.97.